The third-order valence-corrected chi connectivity index (χ3v) is 19.7. The summed E-state index contributed by atoms with van der Waals surface area (Å²) in [5.74, 6) is 1.76. The molecule has 14 rings (SSSR count). The third-order valence-electron chi connectivity index (χ3n) is 15.0. The summed E-state index contributed by atoms with van der Waals surface area (Å²) < 4.78 is 9.47. The van der Waals surface area contributed by atoms with E-state index >= 15 is 0 Å². The molecule has 3 nitrogen and oxygen atoms in total. The molecule has 0 saturated carbocycles. The highest BCUT2D eigenvalue weighted by Crippen LogP contribution is 2.47. The molecule has 2 aliphatic rings. The van der Waals surface area contributed by atoms with E-state index in [1.54, 1.807) is 0 Å². The molecule has 0 unspecified atom stereocenters. The fourth-order valence-electron chi connectivity index (χ4n) is 11.9. The Morgan fingerprint density at radius 1 is 0.338 bits per heavy atom. The average molecular weight is 921 g/mol. The van der Waals surface area contributed by atoms with Crippen molar-refractivity contribution in [2.75, 3.05) is 4.81 Å². The number of fused-ring (bicyclic) bond motifs is 7. The van der Waals surface area contributed by atoms with Gasteiger partial charge in [0.2, 0.25) is 0 Å². The molecule has 0 N–H and O–H groups in total. The van der Waals surface area contributed by atoms with E-state index in [2.05, 4.69) is 282 Å². The molecular formula is C66H45BN2OSi. The summed E-state index contributed by atoms with van der Waals surface area (Å²) >= 11 is 0. The van der Waals surface area contributed by atoms with Crippen LogP contribution >= 0.6 is 0 Å². The SMILES string of the molecule is c1ccc(N2B3c4ccccc4Oc4cc(-c5cccc(-n6c7ccccc7c7ccccc76)c5)cc(c43)-c3cc(-c4cccc([Si](c5ccccc5)(c5ccccc5)c5ccccc5)c4)ccc32)cc1. The average Bonchev–Trinajstić information content (AvgIpc) is 3.79. The molecule has 332 valence electrons. The Balaban J connectivity index is 0.986. The number of nitrogens with zero attached hydrogens (tertiary/aromatic N) is 2. The van der Waals surface area contributed by atoms with E-state index in [9.17, 15) is 0 Å². The fraction of sp³-hybridized carbons (Fsp3) is 0. The number of ether oxygens (including phenoxy) is 1. The van der Waals surface area contributed by atoms with Gasteiger partial charge in [0.15, 0.2) is 8.07 Å². The summed E-state index contributed by atoms with van der Waals surface area (Å²) in [7, 11) is -2.78. The molecule has 71 heavy (non-hydrogen) atoms. The molecule has 12 aromatic rings. The molecule has 11 aromatic carbocycles. The van der Waals surface area contributed by atoms with Crippen molar-refractivity contribution in [1.82, 2.24) is 4.57 Å². The van der Waals surface area contributed by atoms with Crippen molar-refractivity contribution in [2.24, 2.45) is 0 Å². The zero-order chi connectivity index (χ0) is 46.9. The first-order chi connectivity index (χ1) is 35.2. The van der Waals surface area contributed by atoms with Gasteiger partial charge in [-0.25, -0.2) is 0 Å². The zero-order valence-corrected chi connectivity index (χ0v) is 39.9. The monoisotopic (exact) mass is 920 g/mol. The normalized spacial score (nSPS) is 12.6. The molecule has 0 bridgehead atoms. The predicted molar refractivity (Wildman–Crippen MR) is 301 cm³/mol. The van der Waals surface area contributed by atoms with Gasteiger partial charge in [-0.15, -0.1) is 0 Å². The van der Waals surface area contributed by atoms with Crippen molar-refractivity contribution < 1.29 is 4.74 Å². The van der Waals surface area contributed by atoms with Gasteiger partial charge in [0.25, 0.3) is 0 Å². The van der Waals surface area contributed by atoms with E-state index < -0.39 is 8.07 Å². The lowest BCUT2D eigenvalue weighted by molar-refractivity contribution is 0.487. The van der Waals surface area contributed by atoms with E-state index in [0.717, 1.165) is 45.2 Å². The molecule has 3 heterocycles. The molecule has 2 aliphatic heterocycles. The molecule has 0 amide bonds. The number of rotatable bonds is 8. The number of benzene rings is 11. The number of hydrogen-bond donors (Lipinski definition) is 0. The van der Waals surface area contributed by atoms with Crippen molar-refractivity contribution in [3.8, 4) is 50.6 Å². The van der Waals surface area contributed by atoms with Gasteiger partial charge in [0, 0.05) is 38.9 Å². The van der Waals surface area contributed by atoms with Gasteiger partial charge in [0.05, 0.1) is 11.0 Å². The number of aromatic nitrogens is 1. The minimum Gasteiger partial charge on any atom is -0.458 e. The predicted octanol–water partition coefficient (Wildman–Crippen LogP) is 12.5. The smallest absolute Gasteiger partial charge is 0.336 e. The van der Waals surface area contributed by atoms with E-state index in [1.807, 2.05) is 0 Å². The van der Waals surface area contributed by atoms with Gasteiger partial charge in [-0.05, 0) is 121 Å². The summed E-state index contributed by atoms with van der Waals surface area (Å²) in [6.07, 6.45) is 0. The number of para-hydroxylation sites is 4. The van der Waals surface area contributed by atoms with Crippen LogP contribution in [0.1, 0.15) is 0 Å². The fourth-order valence-corrected chi connectivity index (χ4v) is 16.7. The Labute approximate surface area is 415 Å². The first-order valence-corrected chi connectivity index (χ1v) is 26.5. The molecule has 0 fully saturated rings. The molecule has 0 atom stereocenters. The van der Waals surface area contributed by atoms with Gasteiger partial charge < -0.3 is 14.1 Å². The quantitative estimate of drug-likeness (QED) is 0.112. The molecule has 1 aromatic heterocycles. The highest BCUT2D eigenvalue weighted by atomic mass is 28.3. The summed E-state index contributed by atoms with van der Waals surface area (Å²) in [5, 5.41) is 7.91. The van der Waals surface area contributed by atoms with Crippen LogP contribution in [0.15, 0.2) is 273 Å². The highest BCUT2D eigenvalue weighted by molar-refractivity contribution is 7.20. The second kappa shape index (κ2) is 16.7. The molecule has 0 spiro atoms. The third kappa shape index (κ3) is 6.51. The molecule has 5 heteroatoms. The van der Waals surface area contributed by atoms with Crippen LogP contribution in [-0.4, -0.2) is 19.5 Å². The zero-order valence-electron chi connectivity index (χ0n) is 38.9. The standard InChI is InChI=1S/C66H45BN2OSi/c1-5-23-50(24-6-1)69-63-40-39-48(47-22-20-32-55(42-47)71(52-26-7-2-8-27-52,53-28-9-3-10-29-53)54-30-11-4-12-31-54)43-58(63)59-44-49(45-65-66(59)67(69)60-35-15-18-38-64(60)70-65)46-21-19-25-51(41-46)68-61-36-16-13-33-56(61)57-34-14-17-37-62(57)68/h1-45H. The maximum absolute atomic E-state index is 7.07. The van der Waals surface area contributed by atoms with Crippen LogP contribution in [0.25, 0.3) is 60.9 Å². The van der Waals surface area contributed by atoms with Gasteiger partial charge in [0.1, 0.15) is 11.5 Å². The lowest BCUT2D eigenvalue weighted by Crippen LogP contribution is -2.74. The molecule has 0 radical (unpaired) electrons. The first-order valence-electron chi connectivity index (χ1n) is 24.5. The van der Waals surface area contributed by atoms with Crippen LogP contribution < -0.4 is 41.2 Å². The Morgan fingerprint density at radius 2 is 0.845 bits per heavy atom. The second-order valence-corrected chi connectivity index (χ2v) is 22.6. The number of anilines is 2. The van der Waals surface area contributed by atoms with E-state index in [0.29, 0.717) is 0 Å². The van der Waals surface area contributed by atoms with Crippen molar-refractivity contribution in [1.29, 1.82) is 0 Å². The summed E-state index contributed by atoms with van der Waals surface area (Å²) in [5.41, 5.74) is 15.1. The van der Waals surface area contributed by atoms with Crippen LogP contribution in [0, 0.1) is 0 Å². The lowest BCUT2D eigenvalue weighted by Gasteiger charge is -2.42. The summed E-state index contributed by atoms with van der Waals surface area (Å²) in [6, 6.07) is 101. The Hall–Kier alpha value is -8.90. The van der Waals surface area contributed by atoms with Gasteiger partial charge in [-0.1, -0.05) is 206 Å². The van der Waals surface area contributed by atoms with E-state index in [1.165, 1.54) is 70.3 Å². The Bertz CT molecular complexity index is 3840. The van der Waals surface area contributed by atoms with Crippen molar-refractivity contribution in [3.63, 3.8) is 0 Å². The number of hydrogen-bond acceptors (Lipinski definition) is 2. The van der Waals surface area contributed by atoms with Crippen LogP contribution in [0.2, 0.25) is 0 Å². The van der Waals surface area contributed by atoms with Crippen LogP contribution in [0.3, 0.4) is 0 Å². The molecule has 0 saturated heterocycles. The highest BCUT2D eigenvalue weighted by Gasteiger charge is 2.45. The minimum absolute atomic E-state index is 0.110. The second-order valence-electron chi connectivity index (χ2n) is 18.8. The van der Waals surface area contributed by atoms with Crippen LogP contribution in [0.5, 0.6) is 11.5 Å². The van der Waals surface area contributed by atoms with E-state index in [4.69, 9.17) is 4.74 Å². The van der Waals surface area contributed by atoms with Crippen molar-refractivity contribution in [2.45, 2.75) is 0 Å². The maximum atomic E-state index is 7.07. The lowest BCUT2D eigenvalue weighted by atomic mass is 9.44. The molecular weight excluding hydrogens is 876 g/mol. The van der Waals surface area contributed by atoms with E-state index in [-0.39, 0.29) is 6.85 Å². The van der Waals surface area contributed by atoms with Gasteiger partial charge >= 0.3 is 6.85 Å². The Kier molecular flexibility index (Phi) is 9.65. The van der Waals surface area contributed by atoms with Gasteiger partial charge in [-0.2, -0.15) is 0 Å². The van der Waals surface area contributed by atoms with Crippen molar-refractivity contribution in [3.05, 3.63) is 273 Å². The minimum atomic E-state index is -2.78. The maximum Gasteiger partial charge on any atom is 0.336 e. The topological polar surface area (TPSA) is 17.4 Å². The van der Waals surface area contributed by atoms with Crippen molar-refractivity contribution >= 4 is 79.8 Å². The summed E-state index contributed by atoms with van der Waals surface area (Å²) in [4.78, 5) is 2.53. The molecule has 0 aliphatic carbocycles. The largest absolute Gasteiger partial charge is 0.458 e. The van der Waals surface area contributed by atoms with Gasteiger partial charge in [-0.3, -0.25) is 0 Å². The van der Waals surface area contributed by atoms with Crippen LogP contribution in [0.4, 0.5) is 11.4 Å². The first kappa shape index (κ1) is 41.1. The Morgan fingerprint density at radius 3 is 1.51 bits per heavy atom. The van der Waals surface area contributed by atoms with Crippen LogP contribution in [-0.2, 0) is 0 Å². The summed E-state index contributed by atoms with van der Waals surface area (Å²) in [6.45, 7) is -0.110.